The Bertz CT molecular complexity index is 555. The average Bonchev–Trinajstić information content (AvgIpc) is 2.84. The van der Waals surface area contributed by atoms with Gasteiger partial charge in [0.1, 0.15) is 5.52 Å². The van der Waals surface area contributed by atoms with Crippen molar-refractivity contribution >= 4 is 27.0 Å². The van der Waals surface area contributed by atoms with E-state index in [1.165, 1.54) is 37.7 Å². The molecule has 1 aliphatic rings. The van der Waals surface area contributed by atoms with E-state index < -0.39 is 0 Å². The molecule has 1 aliphatic carbocycles. The normalized spacial score (nSPS) is 17.4. The molecule has 2 nitrogen and oxygen atoms in total. The summed E-state index contributed by atoms with van der Waals surface area (Å²) in [5.41, 5.74) is 3.22. The van der Waals surface area contributed by atoms with Crippen molar-refractivity contribution in [2.24, 2.45) is 0 Å². The van der Waals surface area contributed by atoms with E-state index in [-0.39, 0.29) is 0 Å². The molecule has 0 radical (unpaired) electrons. The minimum atomic E-state index is 0.531. The standard InChI is InChI=1S/C15H18BrNO/c1-2-10-8-12(16)14-13(9-10)17-15(18-14)11-6-4-3-5-7-11/h8-9,11H,2-7H2,1H3. The van der Waals surface area contributed by atoms with Gasteiger partial charge >= 0.3 is 0 Å². The smallest absolute Gasteiger partial charge is 0.198 e. The zero-order chi connectivity index (χ0) is 12.5. The molecule has 2 aromatic rings. The molecule has 18 heavy (non-hydrogen) atoms. The number of halogens is 1. The Kier molecular flexibility index (Phi) is 3.42. The summed E-state index contributed by atoms with van der Waals surface area (Å²) >= 11 is 3.59. The lowest BCUT2D eigenvalue weighted by molar-refractivity contribution is 0.373. The molecule has 3 rings (SSSR count). The lowest BCUT2D eigenvalue weighted by Crippen LogP contribution is -2.04. The topological polar surface area (TPSA) is 26.0 Å². The third-order valence-electron chi connectivity index (χ3n) is 3.88. The van der Waals surface area contributed by atoms with Crippen molar-refractivity contribution in [1.82, 2.24) is 4.98 Å². The summed E-state index contributed by atoms with van der Waals surface area (Å²) < 4.78 is 7.01. The van der Waals surface area contributed by atoms with Crippen LogP contribution in [0.15, 0.2) is 21.0 Å². The first kappa shape index (κ1) is 12.2. The molecule has 0 atom stereocenters. The van der Waals surface area contributed by atoms with E-state index in [4.69, 9.17) is 9.40 Å². The van der Waals surface area contributed by atoms with Crippen molar-refractivity contribution in [2.75, 3.05) is 0 Å². The summed E-state index contributed by atoms with van der Waals surface area (Å²) in [6, 6.07) is 4.29. The van der Waals surface area contributed by atoms with Crippen molar-refractivity contribution in [3.63, 3.8) is 0 Å². The van der Waals surface area contributed by atoms with Crippen LogP contribution < -0.4 is 0 Å². The van der Waals surface area contributed by atoms with Gasteiger partial charge in [-0.1, -0.05) is 26.2 Å². The molecule has 0 saturated heterocycles. The van der Waals surface area contributed by atoms with Gasteiger partial charge in [-0.15, -0.1) is 0 Å². The first-order valence-electron chi connectivity index (χ1n) is 6.86. The second kappa shape index (κ2) is 5.04. The van der Waals surface area contributed by atoms with Gasteiger partial charge in [-0.3, -0.25) is 0 Å². The van der Waals surface area contributed by atoms with Gasteiger partial charge in [0.15, 0.2) is 11.5 Å². The SMILES string of the molecule is CCc1cc(Br)c2oc(C3CCCCC3)nc2c1. The zero-order valence-corrected chi connectivity index (χ0v) is 12.3. The molecule has 3 heteroatoms. The molecule has 0 spiro atoms. The van der Waals surface area contributed by atoms with Crippen molar-refractivity contribution in [2.45, 2.75) is 51.4 Å². The molecule has 0 N–H and O–H groups in total. The lowest BCUT2D eigenvalue weighted by atomic mass is 9.89. The number of oxazole rings is 1. The Morgan fingerprint density at radius 2 is 2.06 bits per heavy atom. The highest BCUT2D eigenvalue weighted by atomic mass is 79.9. The summed E-state index contributed by atoms with van der Waals surface area (Å²) in [7, 11) is 0. The maximum absolute atomic E-state index is 5.98. The minimum absolute atomic E-state index is 0.531. The highest BCUT2D eigenvalue weighted by Gasteiger charge is 2.21. The third-order valence-corrected chi connectivity index (χ3v) is 4.47. The summed E-state index contributed by atoms with van der Waals surface area (Å²) in [6.07, 6.45) is 7.46. The van der Waals surface area contributed by atoms with Crippen molar-refractivity contribution in [3.05, 3.63) is 28.1 Å². The fourth-order valence-corrected chi connectivity index (χ4v) is 3.37. The molecule has 1 heterocycles. The Labute approximate surface area is 116 Å². The van der Waals surface area contributed by atoms with Gasteiger partial charge in [0, 0.05) is 5.92 Å². The number of rotatable bonds is 2. The Hall–Kier alpha value is -0.830. The molecular weight excluding hydrogens is 290 g/mol. The lowest BCUT2D eigenvalue weighted by Gasteiger charge is -2.17. The van der Waals surface area contributed by atoms with E-state index in [9.17, 15) is 0 Å². The number of benzene rings is 1. The van der Waals surface area contributed by atoms with E-state index >= 15 is 0 Å². The quantitative estimate of drug-likeness (QED) is 0.762. The molecule has 0 amide bonds. The predicted octanol–water partition coefficient (Wildman–Crippen LogP) is 5.20. The van der Waals surface area contributed by atoms with E-state index in [0.29, 0.717) is 5.92 Å². The van der Waals surface area contributed by atoms with E-state index in [2.05, 4.69) is 35.0 Å². The predicted molar refractivity (Wildman–Crippen MR) is 76.9 cm³/mol. The molecule has 0 aliphatic heterocycles. The summed E-state index contributed by atoms with van der Waals surface area (Å²) in [4.78, 5) is 4.71. The zero-order valence-electron chi connectivity index (χ0n) is 10.7. The molecule has 1 aromatic carbocycles. The van der Waals surface area contributed by atoms with Crippen LogP contribution in [0.2, 0.25) is 0 Å². The largest absolute Gasteiger partial charge is 0.439 e. The van der Waals surface area contributed by atoms with Gasteiger partial charge in [-0.2, -0.15) is 0 Å². The van der Waals surface area contributed by atoms with Crippen LogP contribution in [0, 0.1) is 0 Å². The fourth-order valence-electron chi connectivity index (χ4n) is 2.79. The molecule has 0 unspecified atom stereocenters. The van der Waals surface area contributed by atoms with Crippen LogP contribution in [-0.2, 0) is 6.42 Å². The van der Waals surface area contributed by atoms with Crippen LogP contribution in [0.3, 0.4) is 0 Å². The average molecular weight is 308 g/mol. The van der Waals surface area contributed by atoms with Gasteiger partial charge in [-0.05, 0) is 52.9 Å². The number of aromatic nitrogens is 1. The van der Waals surface area contributed by atoms with Crippen LogP contribution in [0.25, 0.3) is 11.1 Å². The highest BCUT2D eigenvalue weighted by Crippen LogP contribution is 2.35. The number of hydrogen-bond acceptors (Lipinski definition) is 2. The van der Waals surface area contributed by atoms with Crippen molar-refractivity contribution in [3.8, 4) is 0 Å². The summed E-state index contributed by atoms with van der Waals surface area (Å²) in [5, 5.41) is 0. The molecule has 1 aromatic heterocycles. The first-order chi connectivity index (χ1) is 8.78. The van der Waals surface area contributed by atoms with E-state index in [0.717, 1.165) is 27.9 Å². The van der Waals surface area contributed by atoms with E-state index in [1.807, 2.05) is 0 Å². The van der Waals surface area contributed by atoms with Crippen LogP contribution in [0.4, 0.5) is 0 Å². The molecule has 96 valence electrons. The second-order valence-electron chi connectivity index (χ2n) is 5.17. The number of fused-ring (bicyclic) bond motifs is 1. The highest BCUT2D eigenvalue weighted by molar-refractivity contribution is 9.10. The van der Waals surface area contributed by atoms with Crippen LogP contribution in [-0.4, -0.2) is 4.98 Å². The van der Waals surface area contributed by atoms with Crippen LogP contribution in [0.5, 0.6) is 0 Å². The maximum Gasteiger partial charge on any atom is 0.198 e. The molecular formula is C15H18BrNO. The Morgan fingerprint density at radius 1 is 1.28 bits per heavy atom. The number of hydrogen-bond donors (Lipinski definition) is 0. The maximum atomic E-state index is 5.98. The Morgan fingerprint density at radius 3 is 2.78 bits per heavy atom. The number of aryl methyl sites for hydroxylation is 1. The van der Waals surface area contributed by atoms with Gasteiger partial charge in [-0.25, -0.2) is 4.98 Å². The van der Waals surface area contributed by atoms with Gasteiger partial charge < -0.3 is 4.42 Å². The van der Waals surface area contributed by atoms with Crippen LogP contribution >= 0.6 is 15.9 Å². The van der Waals surface area contributed by atoms with Crippen LogP contribution in [0.1, 0.15) is 56.4 Å². The fraction of sp³-hybridized carbons (Fsp3) is 0.533. The van der Waals surface area contributed by atoms with Crippen molar-refractivity contribution in [1.29, 1.82) is 0 Å². The third kappa shape index (κ3) is 2.20. The Balaban J connectivity index is 2.01. The molecule has 1 fully saturated rings. The second-order valence-corrected chi connectivity index (χ2v) is 6.02. The van der Waals surface area contributed by atoms with E-state index in [1.54, 1.807) is 0 Å². The van der Waals surface area contributed by atoms with Crippen molar-refractivity contribution < 1.29 is 4.42 Å². The van der Waals surface area contributed by atoms with Gasteiger partial charge in [0.2, 0.25) is 0 Å². The first-order valence-corrected chi connectivity index (χ1v) is 7.66. The summed E-state index contributed by atoms with van der Waals surface area (Å²) in [5.74, 6) is 1.47. The molecule has 0 bridgehead atoms. The minimum Gasteiger partial charge on any atom is -0.439 e. The van der Waals surface area contributed by atoms with Gasteiger partial charge in [0.25, 0.3) is 0 Å². The monoisotopic (exact) mass is 307 g/mol. The van der Waals surface area contributed by atoms with Gasteiger partial charge in [0.05, 0.1) is 4.47 Å². The molecule has 1 saturated carbocycles. The number of nitrogens with zero attached hydrogens (tertiary/aromatic N) is 1. The summed E-state index contributed by atoms with van der Waals surface area (Å²) in [6.45, 7) is 2.16.